The van der Waals surface area contributed by atoms with E-state index in [0.717, 1.165) is 11.2 Å². The number of ether oxygens (including phenoxy) is 2. The molecular weight excluding hydrogens is 499 g/mol. The zero-order valence-electron chi connectivity index (χ0n) is 19.3. The lowest BCUT2D eigenvalue weighted by Gasteiger charge is -2.11. The first-order chi connectivity index (χ1) is 16.4. The summed E-state index contributed by atoms with van der Waals surface area (Å²) in [6, 6.07) is 4.84. The van der Waals surface area contributed by atoms with E-state index in [-0.39, 0.29) is 12.5 Å². The van der Waals surface area contributed by atoms with Gasteiger partial charge in [0, 0.05) is 30.0 Å². The summed E-state index contributed by atoms with van der Waals surface area (Å²) in [6.07, 6.45) is 1.73. The maximum atomic E-state index is 12.2. The number of rotatable bonds is 13. The van der Waals surface area contributed by atoms with E-state index >= 15 is 0 Å². The predicted octanol–water partition coefficient (Wildman–Crippen LogP) is 4.28. The van der Waals surface area contributed by atoms with Crippen LogP contribution in [0.15, 0.2) is 29.6 Å². The molecule has 0 bridgehead atoms. The Balaban J connectivity index is 1.61. The largest absolute Gasteiger partial charge is 0.482 e. The molecule has 12 heteroatoms. The van der Waals surface area contributed by atoms with E-state index in [1.165, 1.54) is 0 Å². The van der Waals surface area contributed by atoms with Gasteiger partial charge >= 0.3 is 0 Å². The van der Waals surface area contributed by atoms with Gasteiger partial charge in [-0.1, -0.05) is 48.8 Å². The Bertz CT molecular complexity index is 1110. The van der Waals surface area contributed by atoms with Crippen molar-refractivity contribution in [1.82, 2.24) is 25.1 Å². The second-order valence-electron chi connectivity index (χ2n) is 7.46. The molecule has 3 rings (SSSR count). The summed E-state index contributed by atoms with van der Waals surface area (Å²) < 4.78 is 12.6. The van der Waals surface area contributed by atoms with E-state index < -0.39 is 0 Å². The number of thioether (sulfide) groups is 1. The van der Waals surface area contributed by atoms with E-state index in [0.29, 0.717) is 64.7 Å². The fraction of sp³-hybridized carbons (Fsp3) is 0.455. The number of carbonyl (C=O) groups excluding carboxylic acids is 1. The number of nitrogens with one attached hydrogen (secondary N) is 2. The summed E-state index contributed by atoms with van der Waals surface area (Å²) >= 11 is 13.5. The van der Waals surface area contributed by atoms with Crippen LogP contribution in [0.3, 0.4) is 0 Å². The Morgan fingerprint density at radius 3 is 2.79 bits per heavy atom. The molecule has 0 saturated heterocycles. The van der Waals surface area contributed by atoms with E-state index in [4.69, 9.17) is 32.7 Å². The minimum absolute atomic E-state index is 0.160. The van der Waals surface area contributed by atoms with Gasteiger partial charge in [-0.05, 0) is 25.1 Å². The molecule has 34 heavy (non-hydrogen) atoms. The molecule has 184 valence electrons. The van der Waals surface area contributed by atoms with Crippen molar-refractivity contribution in [2.75, 3.05) is 38.2 Å². The van der Waals surface area contributed by atoms with Crippen LogP contribution in [-0.4, -0.2) is 63.8 Å². The van der Waals surface area contributed by atoms with Gasteiger partial charge in [0.15, 0.2) is 17.4 Å². The van der Waals surface area contributed by atoms with Crippen LogP contribution in [0.1, 0.15) is 20.8 Å². The average molecular weight is 527 g/mol. The van der Waals surface area contributed by atoms with E-state index in [9.17, 15) is 4.79 Å². The minimum Gasteiger partial charge on any atom is -0.482 e. The summed E-state index contributed by atoms with van der Waals surface area (Å²) in [5.41, 5.74) is 0.704. The first-order valence-corrected chi connectivity index (χ1v) is 12.6. The van der Waals surface area contributed by atoms with Crippen LogP contribution >= 0.6 is 35.0 Å². The van der Waals surface area contributed by atoms with Crippen molar-refractivity contribution in [2.45, 2.75) is 37.7 Å². The van der Waals surface area contributed by atoms with Crippen LogP contribution in [0.4, 0.5) is 5.82 Å². The predicted molar refractivity (Wildman–Crippen MR) is 136 cm³/mol. The molecule has 1 aromatic carbocycles. The Hall–Kier alpha value is -2.27. The molecule has 0 atom stereocenters. The summed E-state index contributed by atoms with van der Waals surface area (Å²) in [6.45, 7) is 8.66. The first-order valence-electron chi connectivity index (χ1n) is 10.9. The maximum absolute atomic E-state index is 12.2. The van der Waals surface area contributed by atoms with Gasteiger partial charge in [0.25, 0.3) is 5.91 Å². The highest BCUT2D eigenvalue weighted by atomic mass is 35.5. The third-order valence-electron chi connectivity index (χ3n) is 4.46. The van der Waals surface area contributed by atoms with Crippen LogP contribution in [-0.2, 0) is 16.1 Å². The lowest BCUT2D eigenvalue weighted by atomic mass is 10.3. The molecule has 2 N–H and O–H groups in total. The second-order valence-corrected chi connectivity index (χ2v) is 9.85. The monoisotopic (exact) mass is 526 g/mol. The Morgan fingerprint density at radius 1 is 1.24 bits per heavy atom. The number of nitrogens with zero attached hydrogens (tertiary/aromatic N) is 4. The maximum Gasteiger partial charge on any atom is 0.258 e. The van der Waals surface area contributed by atoms with Gasteiger partial charge < -0.3 is 20.1 Å². The third kappa shape index (κ3) is 7.63. The van der Waals surface area contributed by atoms with Crippen molar-refractivity contribution in [2.24, 2.45) is 0 Å². The fourth-order valence-corrected chi connectivity index (χ4v) is 4.14. The van der Waals surface area contributed by atoms with Gasteiger partial charge in [0.1, 0.15) is 11.6 Å². The first kappa shape index (κ1) is 26.3. The van der Waals surface area contributed by atoms with Crippen LogP contribution in [0.5, 0.6) is 5.75 Å². The zero-order chi connectivity index (χ0) is 24.5. The number of fused-ring (bicyclic) bond motifs is 1. The lowest BCUT2D eigenvalue weighted by molar-refractivity contribution is -0.123. The summed E-state index contributed by atoms with van der Waals surface area (Å²) in [5.74, 6) is 0.846. The SMILES string of the molecule is CCOCCNc1nc(SC(C)C)nc2c1cnn2CCNC(=O)COc1ccc(Cl)cc1Cl. The Kier molecular flexibility index (Phi) is 10.1. The molecule has 0 spiro atoms. The molecule has 0 radical (unpaired) electrons. The van der Waals surface area contributed by atoms with E-state index in [2.05, 4.69) is 39.5 Å². The molecule has 0 fully saturated rings. The van der Waals surface area contributed by atoms with E-state index in [1.807, 2.05) is 6.92 Å². The third-order valence-corrected chi connectivity index (χ3v) is 5.85. The van der Waals surface area contributed by atoms with Gasteiger partial charge in [-0.3, -0.25) is 4.79 Å². The van der Waals surface area contributed by atoms with Crippen molar-refractivity contribution >= 4 is 57.7 Å². The van der Waals surface area contributed by atoms with Gasteiger partial charge in [0.05, 0.1) is 29.8 Å². The number of hydrogen-bond acceptors (Lipinski definition) is 8. The number of aromatic nitrogens is 4. The normalized spacial score (nSPS) is 11.2. The van der Waals surface area contributed by atoms with Crippen LogP contribution in [0, 0.1) is 0 Å². The van der Waals surface area contributed by atoms with Crippen molar-refractivity contribution in [1.29, 1.82) is 0 Å². The summed E-state index contributed by atoms with van der Waals surface area (Å²) in [7, 11) is 0. The molecule has 0 aliphatic rings. The highest BCUT2D eigenvalue weighted by molar-refractivity contribution is 7.99. The van der Waals surface area contributed by atoms with Crippen molar-refractivity contribution in [3.8, 4) is 5.75 Å². The standard InChI is InChI=1S/C22H28Cl2N6O3S/c1-4-32-10-8-26-20-16-12-27-30(21(16)29-22(28-20)34-14(2)3)9-7-25-19(31)13-33-18-6-5-15(23)11-17(18)24/h5-6,11-12,14H,4,7-10,13H2,1-3H3,(H,25,31)(H,26,28,29). The van der Waals surface area contributed by atoms with Gasteiger partial charge in [0.2, 0.25) is 0 Å². The number of halogens is 2. The zero-order valence-corrected chi connectivity index (χ0v) is 21.6. The van der Waals surface area contributed by atoms with Gasteiger partial charge in [-0.15, -0.1) is 0 Å². The highest BCUT2D eigenvalue weighted by Crippen LogP contribution is 2.28. The van der Waals surface area contributed by atoms with Crippen molar-refractivity contribution < 1.29 is 14.3 Å². The number of hydrogen-bond donors (Lipinski definition) is 2. The summed E-state index contributed by atoms with van der Waals surface area (Å²) in [5, 5.41) is 13.3. The minimum atomic E-state index is -0.272. The topological polar surface area (TPSA) is 103 Å². The molecule has 9 nitrogen and oxygen atoms in total. The second kappa shape index (κ2) is 13.0. The molecular formula is C22H28Cl2N6O3S. The smallest absolute Gasteiger partial charge is 0.258 e. The molecule has 1 amide bonds. The van der Waals surface area contributed by atoms with Crippen molar-refractivity contribution in [3.05, 3.63) is 34.4 Å². The molecule has 2 aromatic heterocycles. The van der Waals surface area contributed by atoms with Crippen LogP contribution < -0.4 is 15.4 Å². The molecule has 2 heterocycles. The fourth-order valence-electron chi connectivity index (χ4n) is 2.97. The van der Waals surface area contributed by atoms with Crippen LogP contribution in [0.25, 0.3) is 11.0 Å². The number of benzene rings is 1. The van der Waals surface area contributed by atoms with Gasteiger partial charge in [-0.25, -0.2) is 14.6 Å². The van der Waals surface area contributed by atoms with Gasteiger partial charge in [-0.2, -0.15) is 5.10 Å². The Labute approximate surface area is 212 Å². The molecule has 0 aliphatic heterocycles. The van der Waals surface area contributed by atoms with Crippen molar-refractivity contribution in [3.63, 3.8) is 0 Å². The Morgan fingerprint density at radius 2 is 2.06 bits per heavy atom. The average Bonchev–Trinajstić information content (AvgIpc) is 3.18. The quantitative estimate of drug-likeness (QED) is 0.193. The molecule has 0 unspecified atom stereocenters. The molecule has 0 aliphatic carbocycles. The lowest BCUT2D eigenvalue weighted by Crippen LogP contribution is -2.31. The molecule has 0 saturated carbocycles. The number of amides is 1. The van der Waals surface area contributed by atoms with E-state index in [1.54, 1.807) is 40.8 Å². The number of anilines is 1. The number of carbonyl (C=O) groups is 1. The highest BCUT2D eigenvalue weighted by Gasteiger charge is 2.15. The summed E-state index contributed by atoms with van der Waals surface area (Å²) in [4.78, 5) is 21.5. The molecule has 3 aromatic rings. The van der Waals surface area contributed by atoms with Crippen LogP contribution in [0.2, 0.25) is 10.0 Å².